The van der Waals surface area contributed by atoms with Crippen molar-refractivity contribution in [2.45, 2.75) is 78.2 Å². The topological polar surface area (TPSA) is 55.4 Å². The molecule has 3 aliphatic rings. The lowest BCUT2D eigenvalue weighted by Crippen LogP contribution is -2.39. The highest BCUT2D eigenvalue weighted by molar-refractivity contribution is 6.04. The lowest BCUT2D eigenvalue weighted by molar-refractivity contribution is -0.144. The first kappa shape index (κ1) is 19.9. The van der Waals surface area contributed by atoms with Crippen LogP contribution in [-0.2, 0) is 14.3 Å². The summed E-state index contributed by atoms with van der Waals surface area (Å²) in [5.74, 6) is -0.500. The number of ether oxygens (including phenoxy) is 1. The number of rotatable bonds is 3. The molecule has 29 heavy (non-hydrogen) atoms. The first-order chi connectivity index (χ1) is 13.8. The van der Waals surface area contributed by atoms with Gasteiger partial charge in [-0.3, -0.25) is 4.79 Å². The van der Waals surface area contributed by atoms with Crippen molar-refractivity contribution < 1.29 is 14.3 Å². The van der Waals surface area contributed by atoms with Crippen LogP contribution in [0.1, 0.15) is 76.3 Å². The molecule has 1 heterocycles. The van der Waals surface area contributed by atoms with E-state index in [0.29, 0.717) is 12.0 Å². The van der Waals surface area contributed by atoms with Crippen LogP contribution in [0, 0.1) is 12.3 Å². The molecule has 1 fully saturated rings. The third-order valence-corrected chi connectivity index (χ3v) is 6.53. The van der Waals surface area contributed by atoms with E-state index in [0.717, 1.165) is 60.2 Å². The lowest BCUT2D eigenvalue weighted by Gasteiger charge is -2.40. The zero-order valence-corrected chi connectivity index (χ0v) is 17.9. The van der Waals surface area contributed by atoms with E-state index in [1.807, 2.05) is 38.1 Å². The Morgan fingerprint density at radius 2 is 1.79 bits per heavy atom. The van der Waals surface area contributed by atoms with Crippen molar-refractivity contribution in [1.82, 2.24) is 5.32 Å². The molecule has 1 saturated carbocycles. The van der Waals surface area contributed by atoms with E-state index in [-0.39, 0.29) is 29.2 Å². The molecule has 1 aliphatic heterocycles. The minimum Gasteiger partial charge on any atom is -0.459 e. The summed E-state index contributed by atoms with van der Waals surface area (Å²) in [6, 6.07) is 8.06. The van der Waals surface area contributed by atoms with Crippen LogP contribution in [0.2, 0.25) is 0 Å². The monoisotopic (exact) mass is 393 g/mol. The van der Waals surface area contributed by atoms with E-state index in [1.165, 1.54) is 0 Å². The molecular formula is C25H31NO3. The van der Waals surface area contributed by atoms with Crippen LogP contribution in [0.15, 0.2) is 46.8 Å². The molecular weight excluding hydrogens is 362 g/mol. The summed E-state index contributed by atoms with van der Waals surface area (Å²) < 4.78 is 5.90. The van der Waals surface area contributed by atoms with Crippen molar-refractivity contribution >= 4 is 11.8 Å². The van der Waals surface area contributed by atoms with Crippen LogP contribution in [0.5, 0.6) is 0 Å². The second kappa shape index (κ2) is 7.47. The highest BCUT2D eigenvalue weighted by atomic mass is 16.5. The van der Waals surface area contributed by atoms with Gasteiger partial charge in [-0.2, -0.15) is 0 Å². The summed E-state index contributed by atoms with van der Waals surface area (Å²) in [7, 11) is 0. The Bertz CT molecular complexity index is 916. The van der Waals surface area contributed by atoms with Gasteiger partial charge in [-0.1, -0.05) is 38.1 Å². The Labute approximate surface area is 173 Å². The summed E-state index contributed by atoms with van der Waals surface area (Å²) in [4.78, 5) is 26.6. The molecule has 1 aromatic rings. The maximum atomic E-state index is 13.3. The van der Waals surface area contributed by atoms with Crippen molar-refractivity contribution in [1.29, 1.82) is 0 Å². The van der Waals surface area contributed by atoms with Crippen LogP contribution < -0.4 is 5.32 Å². The van der Waals surface area contributed by atoms with Gasteiger partial charge >= 0.3 is 5.97 Å². The number of ketones is 1. The molecule has 0 unspecified atom stereocenters. The van der Waals surface area contributed by atoms with Crippen LogP contribution >= 0.6 is 0 Å². The van der Waals surface area contributed by atoms with E-state index in [9.17, 15) is 9.59 Å². The van der Waals surface area contributed by atoms with E-state index in [4.69, 9.17) is 4.74 Å². The number of carbonyl (C=O) groups is 2. The normalized spacial score (nSPS) is 24.4. The molecule has 0 spiro atoms. The minimum atomic E-state index is -0.357. The maximum absolute atomic E-state index is 13.3. The molecule has 1 N–H and O–H groups in total. The Kier molecular flexibility index (Phi) is 5.14. The second-order valence-corrected chi connectivity index (χ2v) is 9.60. The van der Waals surface area contributed by atoms with Crippen molar-refractivity contribution in [3.63, 3.8) is 0 Å². The van der Waals surface area contributed by atoms with Crippen LogP contribution in [0.3, 0.4) is 0 Å². The molecule has 0 amide bonds. The zero-order chi connectivity index (χ0) is 20.8. The van der Waals surface area contributed by atoms with Crippen LogP contribution in [0.4, 0.5) is 0 Å². The van der Waals surface area contributed by atoms with Gasteiger partial charge in [-0.05, 0) is 62.5 Å². The fraction of sp³-hybridized carbons (Fsp3) is 0.520. The molecule has 1 aromatic carbocycles. The Morgan fingerprint density at radius 1 is 1.10 bits per heavy atom. The standard InChI is InChI=1S/C25H31NO3/c1-15-9-5-8-12-18(15)22-21(24(28)29-17-10-6-7-11-17)16(2)26-19-13-25(3,4)14-20(27)23(19)22/h5,8-9,12,17,22,26H,6-7,10-11,13-14H2,1-4H3/t22-/m1/s1. The average molecular weight is 394 g/mol. The number of aryl methyl sites for hydroxylation is 1. The van der Waals surface area contributed by atoms with Gasteiger partial charge in [0.2, 0.25) is 0 Å². The first-order valence-electron chi connectivity index (χ1n) is 10.8. The zero-order valence-electron chi connectivity index (χ0n) is 17.9. The van der Waals surface area contributed by atoms with Crippen molar-refractivity contribution in [2.24, 2.45) is 5.41 Å². The molecule has 4 rings (SSSR count). The third kappa shape index (κ3) is 3.77. The molecule has 0 saturated heterocycles. The van der Waals surface area contributed by atoms with Crippen LogP contribution in [0.25, 0.3) is 0 Å². The van der Waals surface area contributed by atoms with E-state index in [2.05, 4.69) is 19.2 Å². The fourth-order valence-electron chi connectivity index (χ4n) is 5.15. The van der Waals surface area contributed by atoms with E-state index in [1.54, 1.807) is 0 Å². The van der Waals surface area contributed by atoms with E-state index >= 15 is 0 Å². The predicted molar refractivity (Wildman–Crippen MR) is 113 cm³/mol. The number of nitrogens with one attached hydrogen (secondary N) is 1. The number of carbonyl (C=O) groups excluding carboxylic acids is 2. The third-order valence-electron chi connectivity index (χ3n) is 6.53. The largest absolute Gasteiger partial charge is 0.459 e. The average Bonchev–Trinajstić information content (AvgIpc) is 3.12. The quantitative estimate of drug-likeness (QED) is 0.727. The van der Waals surface area contributed by atoms with Gasteiger partial charge in [0.1, 0.15) is 6.10 Å². The second-order valence-electron chi connectivity index (χ2n) is 9.60. The number of esters is 1. The molecule has 0 aromatic heterocycles. The number of hydrogen-bond acceptors (Lipinski definition) is 4. The summed E-state index contributed by atoms with van der Waals surface area (Å²) in [6.45, 7) is 8.24. The van der Waals surface area contributed by atoms with Crippen LogP contribution in [-0.4, -0.2) is 17.9 Å². The van der Waals surface area contributed by atoms with Gasteiger partial charge < -0.3 is 10.1 Å². The number of Topliss-reactive ketones (excluding diaryl/α,β-unsaturated/α-hetero) is 1. The van der Waals surface area contributed by atoms with Crippen molar-refractivity contribution in [3.8, 4) is 0 Å². The number of dihydropyridines is 1. The molecule has 2 aliphatic carbocycles. The smallest absolute Gasteiger partial charge is 0.337 e. The number of allylic oxidation sites excluding steroid dienone is 3. The van der Waals surface area contributed by atoms with Gasteiger partial charge in [-0.15, -0.1) is 0 Å². The number of hydrogen-bond donors (Lipinski definition) is 1. The molecule has 154 valence electrons. The van der Waals surface area contributed by atoms with Gasteiger partial charge in [0.25, 0.3) is 0 Å². The molecule has 4 heteroatoms. The Morgan fingerprint density at radius 3 is 2.48 bits per heavy atom. The maximum Gasteiger partial charge on any atom is 0.337 e. The molecule has 0 radical (unpaired) electrons. The highest BCUT2D eigenvalue weighted by Gasteiger charge is 2.43. The number of benzene rings is 1. The summed E-state index contributed by atoms with van der Waals surface area (Å²) in [5.41, 5.74) is 5.15. The lowest BCUT2D eigenvalue weighted by atomic mass is 9.68. The Hall–Kier alpha value is -2.36. The molecule has 0 bridgehead atoms. The van der Waals surface area contributed by atoms with Gasteiger partial charge in [0.05, 0.1) is 5.57 Å². The summed E-state index contributed by atoms with van der Waals surface area (Å²) in [6.07, 6.45) is 5.38. The fourth-order valence-corrected chi connectivity index (χ4v) is 5.15. The molecule has 1 atom stereocenters. The van der Waals surface area contributed by atoms with Crippen molar-refractivity contribution in [3.05, 3.63) is 57.9 Å². The summed E-state index contributed by atoms with van der Waals surface area (Å²) >= 11 is 0. The Balaban J connectivity index is 1.80. The van der Waals surface area contributed by atoms with Gasteiger partial charge in [0.15, 0.2) is 5.78 Å². The predicted octanol–water partition coefficient (Wildman–Crippen LogP) is 5.08. The summed E-state index contributed by atoms with van der Waals surface area (Å²) in [5, 5.41) is 3.42. The first-order valence-corrected chi connectivity index (χ1v) is 10.8. The SMILES string of the molecule is CC1=C(C(=O)OC2CCCC2)[C@@H](c2ccccc2C)C2=C(CC(C)(C)CC2=O)N1. The van der Waals surface area contributed by atoms with E-state index < -0.39 is 0 Å². The van der Waals surface area contributed by atoms with Crippen molar-refractivity contribution in [2.75, 3.05) is 0 Å². The van der Waals surface area contributed by atoms with Gasteiger partial charge in [0, 0.05) is 29.3 Å². The highest BCUT2D eigenvalue weighted by Crippen LogP contribution is 2.47. The minimum absolute atomic E-state index is 0.00307. The molecule has 4 nitrogen and oxygen atoms in total. The van der Waals surface area contributed by atoms with Gasteiger partial charge in [-0.25, -0.2) is 4.79 Å².